The lowest BCUT2D eigenvalue weighted by Crippen LogP contribution is -2.26. The summed E-state index contributed by atoms with van der Waals surface area (Å²) >= 11 is 0. The Hall–Kier alpha value is -5.39. The topological polar surface area (TPSA) is 147 Å². The van der Waals surface area contributed by atoms with Gasteiger partial charge < -0.3 is 11.1 Å². The summed E-state index contributed by atoms with van der Waals surface area (Å²) in [5.41, 5.74) is 9.67. The van der Waals surface area contributed by atoms with Crippen molar-refractivity contribution in [3.8, 4) is 28.2 Å². The molecule has 0 aliphatic rings. The average Bonchev–Trinajstić information content (AvgIpc) is 3.56. The molecule has 6 rings (SSSR count). The standard InChI is InChI=1S/C27H25N11O/c1-16(32-25-23(24(28)29-15-30-25)26-33-35-37(3)34-26)21-12-17-8-7-11-20(18-13-31-36(2)14-18)22(17)27(39)38(21)19-9-5-4-6-10-19/h4-16H,1-3H3,(H3,28,29,30,32)/t16-/m0/s1. The van der Waals surface area contributed by atoms with Crippen LogP contribution in [0.25, 0.3) is 39.0 Å². The Balaban J connectivity index is 1.54. The number of pyridine rings is 1. The molecule has 3 N–H and O–H groups in total. The van der Waals surface area contributed by atoms with Crippen LogP contribution >= 0.6 is 0 Å². The molecule has 0 radical (unpaired) electrons. The molecule has 12 nitrogen and oxygen atoms in total. The van der Waals surface area contributed by atoms with Crippen molar-refractivity contribution in [2.75, 3.05) is 11.1 Å². The molecule has 0 saturated heterocycles. The fourth-order valence-electron chi connectivity index (χ4n) is 4.74. The van der Waals surface area contributed by atoms with Gasteiger partial charge in [0.15, 0.2) is 0 Å². The first kappa shape index (κ1) is 24.0. The number of nitrogens with one attached hydrogen (secondary N) is 1. The lowest BCUT2D eigenvalue weighted by Gasteiger charge is -2.22. The van der Waals surface area contributed by atoms with E-state index in [4.69, 9.17) is 5.73 Å². The van der Waals surface area contributed by atoms with E-state index < -0.39 is 0 Å². The molecule has 194 valence electrons. The summed E-state index contributed by atoms with van der Waals surface area (Å²) in [5, 5.41) is 21.4. The van der Waals surface area contributed by atoms with Crippen LogP contribution in [0.15, 0.2) is 78.1 Å². The molecule has 0 amide bonds. The fraction of sp³-hybridized carbons (Fsp3) is 0.148. The Kier molecular flexibility index (Phi) is 5.83. The van der Waals surface area contributed by atoms with Crippen LogP contribution in [0.5, 0.6) is 0 Å². The lowest BCUT2D eigenvalue weighted by molar-refractivity contribution is 0.630. The normalized spacial score (nSPS) is 12.1. The van der Waals surface area contributed by atoms with E-state index in [9.17, 15) is 4.79 Å². The summed E-state index contributed by atoms with van der Waals surface area (Å²) in [4.78, 5) is 24.2. The number of anilines is 2. The van der Waals surface area contributed by atoms with Crippen LogP contribution in [-0.4, -0.2) is 44.5 Å². The molecule has 4 heterocycles. The molecular formula is C27H25N11O. The van der Waals surface area contributed by atoms with Gasteiger partial charge in [0.1, 0.15) is 23.5 Å². The molecule has 2 aromatic carbocycles. The van der Waals surface area contributed by atoms with Gasteiger partial charge >= 0.3 is 0 Å². The van der Waals surface area contributed by atoms with Crippen molar-refractivity contribution in [2.45, 2.75) is 13.0 Å². The number of nitrogens with zero attached hydrogens (tertiary/aromatic N) is 9. The molecule has 4 aromatic heterocycles. The number of hydrogen-bond acceptors (Lipinski definition) is 9. The van der Waals surface area contributed by atoms with E-state index in [0.717, 1.165) is 27.9 Å². The lowest BCUT2D eigenvalue weighted by atomic mass is 9.99. The number of aryl methyl sites for hydroxylation is 2. The van der Waals surface area contributed by atoms with Gasteiger partial charge in [0.05, 0.1) is 24.7 Å². The molecule has 39 heavy (non-hydrogen) atoms. The highest BCUT2D eigenvalue weighted by atomic mass is 16.1. The van der Waals surface area contributed by atoms with E-state index in [0.29, 0.717) is 22.6 Å². The summed E-state index contributed by atoms with van der Waals surface area (Å²) in [6, 6.07) is 17.0. The third-order valence-electron chi connectivity index (χ3n) is 6.51. The molecule has 6 aromatic rings. The highest BCUT2D eigenvalue weighted by Gasteiger charge is 2.22. The summed E-state index contributed by atoms with van der Waals surface area (Å²) < 4.78 is 3.45. The highest BCUT2D eigenvalue weighted by molar-refractivity contribution is 5.96. The van der Waals surface area contributed by atoms with Crippen molar-refractivity contribution in [1.29, 1.82) is 0 Å². The predicted molar refractivity (Wildman–Crippen MR) is 148 cm³/mol. The Bertz CT molecular complexity index is 1870. The van der Waals surface area contributed by atoms with Crippen molar-refractivity contribution >= 4 is 22.4 Å². The third kappa shape index (κ3) is 4.27. The van der Waals surface area contributed by atoms with Crippen molar-refractivity contribution in [3.05, 3.63) is 89.4 Å². The summed E-state index contributed by atoms with van der Waals surface area (Å²) in [6.07, 6.45) is 5.04. The smallest absolute Gasteiger partial charge is 0.263 e. The first-order valence-corrected chi connectivity index (χ1v) is 12.2. The number of rotatable bonds is 6. The maximum absolute atomic E-state index is 14.3. The second-order valence-electron chi connectivity index (χ2n) is 9.17. The molecule has 0 aliphatic carbocycles. The van der Waals surface area contributed by atoms with Crippen molar-refractivity contribution in [2.24, 2.45) is 14.1 Å². The van der Waals surface area contributed by atoms with Crippen molar-refractivity contribution in [1.82, 2.24) is 44.5 Å². The predicted octanol–water partition coefficient (Wildman–Crippen LogP) is 3.13. The van der Waals surface area contributed by atoms with Crippen LogP contribution in [0.3, 0.4) is 0 Å². The molecule has 0 fully saturated rings. The van der Waals surface area contributed by atoms with E-state index in [-0.39, 0.29) is 17.4 Å². The fourth-order valence-corrected chi connectivity index (χ4v) is 4.74. The van der Waals surface area contributed by atoms with Crippen LogP contribution in [0.2, 0.25) is 0 Å². The minimum atomic E-state index is -0.380. The number of nitrogens with two attached hydrogens (primary N) is 1. The van der Waals surface area contributed by atoms with Gasteiger partial charge in [-0.2, -0.15) is 9.90 Å². The Labute approximate surface area is 222 Å². The number of fused-ring (bicyclic) bond motifs is 1. The van der Waals surface area contributed by atoms with Gasteiger partial charge in [-0.15, -0.1) is 10.2 Å². The Morgan fingerprint density at radius 3 is 2.56 bits per heavy atom. The van der Waals surface area contributed by atoms with E-state index in [1.807, 2.05) is 74.8 Å². The van der Waals surface area contributed by atoms with Crippen molar-refractivity contribution < 1.29 is 0 Å². The van der Waals surface area contributed by atoms with E-state index in [1.54, 1.807) is 22.5 Å². The zero-order chi connectivity index (χ0) is 27.1. The van der Waals surface area contributed by atoms with Crippen LogP contribution < -0.4 is 16.6 Å². The third-order valence-corrected chi connectivity index (χ3v) is 6.51. The van der Waals surface area contributed by atoms with Gasteiger partial charge in [-0.3, -0.25) is 14.0 Å². The molecule has 0 saturated carbocycles. The number of para-hydroxylation sites is 1. The first-order valence-electron chi connectivity index (χ1n) is 12.2. The molecule has 0 aliphatic heterocycles. The quantitative estimate of drug-likeness (QED) is 0.339. The van der Waals surface area contributed by atoms with E-state index in [2.05, 4.69) is 35.8 Å². The van der Waals surface area contributed by atoms with Gasteiger partial charge in [0, 0.05) is 30.2 Å². The van der Waals surface area contributed by atoms with Crippen molar-refractivity contribution in [3.63, 3.8) is 0 Å². The van der Waals surface area contributed by atoms with Gasteiger partial charge in [-0.1, -0.05) is 36.4 Å². The minimum absolute atomic E-state index is 0.139. The van der Waals surface area contributed by atoms with E-state index in [1.165, 1.54) is 11.1 Å². The molecule has 1 atom stereocenters. The van der Waals surface area contributed by atoms with Crippen LogP contribution in [-0.2, 0) is 14.1 Å². The Morgan fingerprint density at radius 2 is 1.85 bits per heavy atom. The monoisotopic (exact) mass is 519 g/mol. The van der Waals surface area contributed by atoms with Crippen LogP contribution in [0.1, 0.15) is 18.7 Å². The summed E-state index contributed by atoms with van der Waals surface area (Å²) in [6.45, 7) is 1.96. The summed E-state index contributed by atoms with van der Waals surface area (Å²) in [5.74, 6) is 0.942. The number of hydrogen-bond donors (Lipinski definition) is 2. The molecular weight excluding hydrogens is 494 g/mol. The second-order valence-corrected chi connectivity index (χ2v) is 9.17. The second kappa shape index (κ2) is 9.49. The zero-order valence-corrected chi connectivity index (χ0v) is 21.5. The molecule has 0 bridgehead atoms. The molecule has 0 unspecified atom stereocenters. The highest BCUT2D eigenvalue weighted by Crippen LogP contribution is 2.32. The van der Waals surface area contributed by atoms with Gasteiger partial charge in [0.25, 0.3) is 5.56 Å². The Morgan fingerprint density at radius 1 is 1.03 bits per heavy atom. The number of tetrazole rings is 1. The van der Waals surface area contributed by atoms with Gasteiger partial charge in [0.2, 0.25) is 5.82 Å². The van der Waals surface area contributed by atoms with Crippen LogP contribution in [0.4, 0.5) is 11.6 Å². The number of benzene rings is 2. The van der Waals surface area contributed by atoms with Gasteiger partial charge in [-0.05, 0) is 41.3 Å². The SMILES string of the molecule is C[C@H](Nc1ncnc(N)c1-c1nnn(C)n1)c1cc2cccc(-c3cnn(C)c3)c2c(=O)n1-c1ccccc1. The van der Waals surface area contributed by atoms with Gasteiger partial charge in [-0.25, -0.2) is 9.97 Å². The number of aromatic nitrogens is 9. The largest absolute Gasteiger partial charge is 0.383 e. The maximum atomic E-state index is 14.3. The summed E-state index contributed by atoms with van der Waals surface area (Å²) in [7, 11) is 3.52. The van der Waals surface area contributed by atoms with Crippen LogP contribution in [0, 0.1) is 0 Å². The van der Waals surface area contributed by atoms with E-state index >= 15 is 0 Å². The first-order chi connectivity index (χ1) is 18.9. The molecule has 12 heteroatoms. The average molecular weight is 520 g/mol. The zero-order valence-electron chi connectivity index (χ0n) is 21.5. The molecule has 0 spiro atoms. The number of nitrogen functional groups attached to an aromatic ring is 1. The maximum Gasteiger partial charge on any atom is 0.263 e. The minimum Gasteiger partial charge on any atom is -0.383 e.